The van der Waals surface area contributed by atoms with Crippen LogP contribution in [0.25, 0.3) is 11.3 Å². The highest BCUT2D eigenvalue weighted by atomic mass is 19.1. The fourth-order valence-electron chi connectivity index (χ4n) is 4.31. The summed E-state index contributed by atoms with van der Waals surface area (Å²) in [7, 11) is 0. The summed E-state index contributed by atoms with van der Waals surface area (Å²) in [6.07, 6.45) is 4.68. The lowest BCUT2D eigenvalue weighted by atomic mass is 9.74. The molecule has 0 atom stereocenters. The van der Waals surface area contributed by atoms with Crippen LogP contribution in [0.2, 0.25) is 0 Å². The standard InChI is InChI=1S/C25H20F2N2O3/c1-14-10-17-21(30)12-25(8-3-9-25)32-22(17)11-16(14)20-7-6-15(13-28-20)29-24(31)23-18(26)4-2-5-19(23)27/h2,4-7,10-11,13H,3,8-9,12H2,1H3,(H,29,31). The fraction of sp³-hybridized carbons (Fsp3) is 0.240. The average molecular weight is 434 g/mol. The Hall–Kier alpha value is -3.61. The SMILES string of the molecule is Cc1cc2c(cc1-c1ccc(NC(=O)c3c(F)cccc3F)cn1)OC1(CCC1)CC2=O. The van der Waals surface area contributed by atoms with E-state index >= 15 is 0 Å². The van der Waals surface area contributed by atoms with Gasteiger partial charge in [-0.15, -0.1) is 0 Å². The van der Waals surface area contributed by atoms with Crippen LogP contribution in [0.3, 0.4) is 0 Å². The Morgan fingerprint density at radius 1 is 1.09 bits per heavy atom. The lowest BCUT2D eigenvalue weighted by molar-refractivity contribution is -0.0177. The van der Waals surface area contributed by atoms with E-state index in [0.717, 1.165) is 42.5 Å². The number of ketones is 1. The lowest BCUT2D eigenvalue weighted by Crippen LogP contribution is -2.47. The van der Waals surface area contributed by atoms with Crippen LogP contribution in [0.1, 0.15) is 52.0 Å². The number of carbonyl (C=O) groups excluding carboxylic acids is 2. The summed E-state index contributed by atoms with van der Waals surface area (Å²) in [4.78, 5) is 29.3. The Morgan fingerprint density at radius 3 is 2.47 bits per heavy atom. The van der Waals surface area contributed by atoms with Gasteiger partial charge in [0.05, 0.1) is 29.6 Å². The molecule has 1 aliphatic heterocycles. The molecule has 162 valence electrons. The average Bonchev–Trinajstić information content (AvgIpc) is 2.73. The van der Waals surface area contributed by atoms with E-state index < -0.39 is 23.1 Å². The van der Waals surface area contributed by atoms with Crippen LogP contribution in [-0.4, -0.2) is 22.3 Å². The van der Waals surface area contributed by atoms with E-state index in [2.05, 4.69) is 10.3 Å². The largest absolute Gasteiger partial charge is 0.486 e. The molecule has 1 N–H and O–H groups in total. The number of aryl methyl sites for hydroxylation is 1. The predicted octanol–water partition coefficient (Wildman–Crippen LogP) is 5.48. The van der Waals surface area contributed by atoms with Crippen LogP contribution in [-0.2, 0) is 0 Å². The maximum atomic E-state index is 13.8. The summed E-state index contributed by atoms with van der Waals surface area (Å²) in [5, 5.41) is 2.46. The van der Waals surface area contributed by atoms with Gasteiger partial charge in [-0.3, -0.25) is 14.6 Å². The van der Waals surface area contributed by atoms with Crippen LogP contribution < -0.4 is 10.1 Å². The van der Waals surface area contributed by atoms with E-state index in [4.69, 9.17) is 4.74 Å². The maximum Gasteiger partial charge on any atom is 0.261 e. The first-order valence-electron chi connectivity index (χ1n) is 10.4. The van der Waals surface area contributed by atoms with Gasteiger partial charge < -0.3 is 10.1 Å². The van der Waals surface area contributed by atoms with Crippen LogP contribution in [0.4, 0.5) is 14.5 Å². The second-order valence-corrected chi connectivity index (χ2v) is 8.38. The van der Waals surface area contributed by atoms with E-state index in [1.54, 1.807) is 12.1 Å². The molecule has 2 aliphatic rings. The van der Waals surface area contributed by atoms with Gasteiger partial charge in [-0.2, -0.15) is 0 Å². The molecule has 2 aromatic carbocycles. The molecule has 5 rings (SSSR count). The molecule has 1 spiro atoms. The molecule has 1 aliphatic carbocycles. The van der Waals surface area contributed by atoms with Crippen molar-refractivity contribution in [1.82, 2.24) is 4.98 Å². The third-order valence-corrected chi connectivity index (χ3v) is 6.19. The van der Waals surface area contributed by atoms with Crippen LogP contribution in [0.15, 0.2) is 48.7 Å². The van der Waals surface area contributed by atoms with Crippen molar-refractivity contribution >= 4 is 17.4 Å². The van der Waals surface area contributed by atoms with Gasteiger partial charge in [-0.1, -0.05) is 6.07 Å². The predicted molar refractivity (Wildman–Crippen MR) is 115 cm³/mol. The molecule has 32 heavy (non-hydrogen) atoms. The molecule has 1 amide bonds. The number of fused-ring (bicyclic) bond motifs is 1. The number of benzene rings is 2. The molecule has 0 unspecified atom stereocenters. The third-order valence-electron chi connectivity index (χ3n) is 6.19. The Labute approximate surface area is 183 Å². The number of pyridine rings is 1. The number of anilines is 1. The molecule has 5 nitrogen and oxygen atoms in total. The number of amides is 1. The van der Waals surface area contributed by atoms with Crippen molar-refractivity contribution in [2.24, 2.45) is 0 Å². The summed E-state index contributed by atoms with van der Waals surface area (Å²) in [6.45, 7) is 1.90. The molecule has 1 aromatic heterocycles. The number of carbonyl (C=O) groups is 2. The number of nitrogens with zero attached hydrogens (tertiary/aromatic N) is 1. The smallest absolute Gasteiger partial charge is 0.261 e. The maximum absolute atomic E-state index is 13.8. The normalized spacial score (nSPS) is 16.2. The Kier molecular flexibility index (Phi) is 4.77. The monoisotopic (exact) mass is 434 g/mol. The summed E-state index contributed by atoms with van der Waals surface area (Å²) in [5.74, 6) is -2.08. The second-order valence-electron chi connectivity index (χ2n) is 8.38. The minimum Gasteiger partial charge on any atom is -0.486 e. The number of halogens is 2. The van der Waals surface area contributed by atoms with Gasteiger partial charge in [0.15, 0.2) is 5.78 Å². The van der Waals surface area contributed by atoms with Crippen molar-refractivity contribution in [3.63, 3.8) is 0 Å². The topological polar surface area (TPSA) is 68.3 Å². The Morgan fingerprint density at radius 2 is 1.84 bits per heavy atom. The third kappa shape index (κ3) is 3.43. The highest BCUT2D eigenvalue weighted by molar-refractivity contribution is 6.04. The number of nitrogens with one attached hydrogen (secondary N) is 1. The summed E-state index contributed by atoms with van der Waals surface area (Å²) in [5.41, 5.74) is 2.21. The van der Waals surface area contributed by atoms with E-state index in [1.807, 2.05) is 19.1 Å². The van der Waals surface area contributed by atoms with Gasteiger partial charge in [0, 0.05) is 5.56 Å². The van der Waals surface area contributed by atoms with Crippen LogP contribution in [0, 0.1) is 18.6 Å². The molecule has 2 heterocycles. The highest BCUT2D eigenvalue weighted by Gasteiger charge is 2.45. The number of ether oxygens (including phenoxy) is 1. The van der Waals surface area contributed by atoms with E-state index in [9.17, 15) is 18.4 Å². The van der Waals surface area contributed by atoms with Gasteiger partial charge >= 0.3 is 0 Å². The van der Waals surface area contributed by atoms with Crippen molar-refractivity contribution < 1.29 is 23.1 Å². The molecule has 1 saturated carbocycles. The van der Waals surface area contributed by atoms with Gasteiger partial charge in [0.25, 0.3) is 5.91 Å². The number of hydrogen-bond donors (Lipinski definition) is 1. The van der Waals surface area contributed by atoms with E-state index in [1.165, 1.54) is 12.3 Å². The number of rotatable bonds is 3. The van der Waals surface area contributed by atoms with Gasteiger partial charge in [0.1, 0.15) is 28.5 Å². The zero-order chi connectivity index (χ0) is 22.5. The summed E-state index contributed by atoms with van der Waals surface area (Å²) in [6, 6.07) is 10.2. The van der Waals surface area contributed by atoms with Gasteiger partial charge in [-0.25, -0.2) is 8.78 Å². The van der Waals surface area contributed by atoms with E-state index in [-0.39, 0.29) is 11.4 Å². The number of hydrogen-bond acceptors (Lipinski definition) is 4. The Balaban J connectivity index is 1.40. The molecule has 0 bridgehead atoms. The Bertz CT molecular complexity index is 1230. The number of aromatic nitrogens is 1. The van der Waals surface area contributed by atoms with E-state index in [0.29, 0.717) is 29.1 Å². The molecular weight excluding hydrogens is 414 g/mol. The zero-order valence-electron chi connectivity index (χ0n) is 17.4. The number of Topliss-reactive ketones (excluding diaryl/α,β-unsaturated/α-hetero) is 1. The summed E-state index contributed by atoms with van der Waals surface area (Å²) < 4.78 is 33.9. The molecule has 1 fully saturated rings. The van der Waals surface area contributed by atoms with Crippen molar-refractivity contribution in [1.29, 1.82) is 0 Å². The van der Waals surface area contributed by atoms with Crippen molar-refractivity contribution in [3.8, 4) is 17.0 Å². The van der Waals surface area contributed by atoms with Crippen molar-refractivity contribution in [2.45, 2.75) is 38.2 Å². The first-order chi connectivity index (χ1) is 15.3. The zero-order valence-corrected chi connectivity index (χ0v) is 17.4. The lowest BCUT2D eigenvalue weighted by Gasteiger charge is -2.44. The first-order valence-corrected chi connectivity index (χ1v) is 10.4. The molecule has 0 radical (unpaired) electrons. The minimum absolute atomic E-state index is 0.104. The molecule has 3 aromatic rings. The minimum atomic E-state index is -0.935. The van der Waals surface area contributed by atoms with Crippen LogP contribution >= 0.6 is 0 Å². The second kappa shape index (κ2) is 7.51. The summed E-state index contributed by atoms with van der Waals surface area (Å²) >= 11 is 0. The highest BCUT2D eigenvalue weighted by Crippen LogP contribution is 2.46. The first kappa shape index (κ1) is 20.3. The molecule has 7 heteroatoms. The van der Waals surface area contributed by atoms with Crippen LogP contribution in [0.5, 0.6) is 5.75 Å². The van der Waals surface area contributed by atoms with Gasteiger partial charge in [0.2, 0.25) is 0 Å². The quantitative estimate of drug-likeness (QED) is 0.593. The van der Waals surface area contributed by atoms with Gasteiger partial charge in [-0.05, 0) is 68.1 Å². The molecular formula is C25H20F2N2O3. The van der Waals surface area contributed by atoms with Crippen molar-refractivity contribution in [3.05, 3.63) is 77.0 Å². The molecule has 0 saturated heterocycles. The van der Waals surface area contributed by atoms with Crippen molar-refractivity contribution in [2.75, 3.05) is 5.32 Å². The fourth-order valence-corrected chi connectivity index (χ4v) is 4.31.